The highest BCUT2D eigenvalue weighted by atomic mass is 32.2. The zero-order chi connectivity index (χ0) is 11.2. The second-order valence-electron chi connectivity index (χ2n) is 3.83. The Morgan fingerprint density at radius 1 is 1.44 bits per heavy atom. The summed E-state index contributed by atoms with van der Waals surface area (Å²) in [5.41, 5.74) is 8.09. The maximum atomic E-state index is 11.4. The Labute approximate surface area is 97.5 Å². The van der Waals surface area contributed by atoms with Crippen molar-refractivity contribution in [3.8, 4) is 0 Å². The van der Waals surface area contributed by atoms with Crippen LogP contribution in [0.4, 0.5) is 0 Å². The van der Waals surface area contributed by atoms with E-state index in [0.717, 1.165) is 11.3 Å². The van der Waals surface area contributed by atoms with Gasteiger partial charge in [-0.2, -0.15) is 0 Å². The highest BCUT2D eigenvalue weighted by Gasteiger charge is 2.45. The Kier molecular flexibility index (Phi) is 1.94. The Bertz CT molecular complexity index is 525. The minimum Gasteiger partial charge on any atom is -0.366 e. The standard InChI is InChI=1S/C12H10N2OS/c13-11(15)8-7-16-12-5-2-1-3-10(12)14-6-4-9(8)12/h1-6H,7H2,(H2,13,15). The van der Waals surface area contributed by atoms with E-state index in [0.29, 0.717) is 11.3 Å². The van der Waals surface area contributed by atoms with Crippen LogP contribution in [0.1, 0.15) is 0 Å². The summed E-state index contributed by atoms with van der Waals surface area (Å²) < 4.78 is -0.270. The molecule has 0 saturated carbocycles. The van der Waals surface area contributed by atoms with Gasteiger partial charge in [0.15, 0.2) is 0 Å². The van der Waals surface area contributed by atoms with Crippen molar-refractivity contribution in [1.82, 2.24) is 0 Å². The summed E-state index contributed by atoms with van der Waals surface area (Å²) in [6.45, 7) is 0. The lowest BCUT2D eigenvalue weighted by Gasteiger charge is -2.30. The molecule has 0 bridgehead atoms. The van der Waals surface area contributed by atoms with Gasteiger partial charge in [0.1, 0.15) is 4.75 Å². The molecule has 0 aromatic carbocycles. The second-order valence-corrected chi connectivity index (χ2v) is 5.05. The molecule has 1 amide bonds. The van der Waals surface area contributed by atoms with Crippen LogP contribution in [0.5, 0.6) is 0 Å². The predicted molar refractivity (Wildman–Crippen MR) is 66.3 cm³/mol. The van der Waals surface area contributed by atoms with E-state index in [1.54, 1.807) is 18.0 Å². The SMILES string of the molecule is NC(=O)C1=C2C=CN=C3C=CC=CC32SC1. The van der Waals surface area contributed by atoms with Crippen molar-refractivity contribution in [3.63, 3.8) is 0 Å². The van der Waals surface area contributed by atoms with Gasteiger partial charge in [-0.15, -0.1) is 11.8 Å². The fraction of sp³-hybridized carbons (Fsp3) is 0.167. The molecule has 2 aliphatic heterocycles. The second kappa shape index (κ2) is 3.22. The predicted octanol–water partition coefficient (Wildman–Crippen LogP) is 1.35. The van der Waals surface area contributed by atoms with Crippen LogP contribution in [0.2, 0.25) is 0 Å². The number of thioether (sulfide) groups is 1. The Morgan fingerprint density at radius 2 is 2.31 bits per heavy atom. The quantitative estimate of drug-likeness (QED) is 0.739. The zero-order valence-corrected chi connectivity index (χ0v) is 9.33. The molecule has 1 spiro atoms. The van der Waals surface area contributed by atoms with Crippen molar-refractivity contribution in [1.29, 1.82) is 0 Å². The maximum absolute atomic E-state index is 11.4. The third-order valence-corrected chi connectivity index (χ3v) is 4.45. The van der Waals surface area contributed by atoms with E-state index in [9.17, 15) is 4.79 Å². The van der Waals surface area contributed by atoms with Gasteiger partial charge in [-0.1, -0.05) is 18.2 Å². The molecule has 1 unspecified atom stereocenters. The molecule has 3 aliphatic rings. The minimum atomic E-state index is -0.326. The number of primary amides is 1. The van der Waals surface area contributed by atoms with Gasteiger partial charge in [-0.25, -0.2) is 0 Å². The molecular weight excluding hydrogens is 220 g/mol. The highest BCUT2D eigenvalue weighted by molar-refractivity contribution is 8.02. The first-order valence-electron chi connectivity index (χ1n) is 5.02. The van der Waals surface area contributed by atoms with Gasteiger partial charge >= 0.3 is 0 Å². The summed E-state index contributed by atoms with van der Waals surface area (Å²) in [5.74, 6) is 0.333. The molecule has 0 fully saturated rings. The van der Waals surface area contributed by atoms with Crippen LogP contribution in [-0.2, 0) is 4.79 Å². The van der Waals surface area contributed by atoms with E-state index >= 15 is 0 Å². The lowest BCUT2D eigenvalue weighted by Crippen LogP contribution is -2.34. The van der Waals surface area contributed by atoms with E-state index in [-0.39, 0.29) is 10.7 Å². The van der Waals surface area contributed by atoms with Crippen molar-refractivity contribution in [2.75, 3.05) is 5.75 Å². The molecule has 16 heavy (non-hydrogen) atoms. The van der Waals surface area contributed by atoms with Crippen LogP contribution in [0, 0.1) is 0 Å². The number of aliphatic imine (C=N–C) groups is 1. The molecule has 0 radical (unpaired) electrons. The number of nitrogens with two attached hydrogens (primary N) is 1. The molecule has 3 nitrogen and oxygen atoms in total. The normalized spacial score (nSPS) is 30.1. The van der Waals surface area contributed by atoms with E-state index in [1.165, 1.54) is 0 Å². The van der Waals surface area contributed by atoms with Crippen LogP contribution >= 0.6 is 11.8 Å². The van der Waals surface area contributed by atoms with Crippen LogP contribution in [-0.4, -0.2) is 22.1 Å². The monoisotopic (exact) mass is 230 g/mol. The third-order valence-electron chi connectivity index (χ3n) is 3.00. The molecule has 0 saturated heterocycles. The van der Waals surface area contributed by atoms with Crippen molar-refractivity contribution in [3.05, 3.63) is 47.7 Å². The number of amides is 1. The number of hydrogen-bond donors (Lipinski definition) is 1. The third kappa shape index (κ3) is 1.10. The number of rotatable bonds is 1. The van der Waals surface area contributed by atoms with Gasteiger partial charge in [0.25, 0.3) is 0 Å². The van der Waals surface area contributed by atoms with Gasteiger partial charge < -0.3 is 5.73 Å². The average Bonchev–Trinajstić information content (AvgIpc) is 2.66. The first-order valence-corrected chi connectivity index (χ1v) is 6.01. The van der Waals surface area contributed by atoms with Crippen molar-refractivity contribution >= 4 is 23.4 Å². The van der Waals surface area contributed by atoms with Crippen LogP contribution < -0.4 is 5.73 Å². The van der Waals surface area contributed by atoms with Gasteiger partial charge in [0.05, 0.1) is 5.71 Å². The molecule has 80 valence electrons. The lowest BCUT2D eigenvalue weighted by molar-refractivity contribution is -0.114. The molecule has 2 N–H and O–H groups in total. The number of hydrogen-bond acceptors (Lipinski definition) is 3. The van der Waals surface area contributed by atoms with Crippen molar-refractivity contribution in [2.24, 2.45) is 10.7 Å². The molecule has 2 heterocycles. The minimum absolute atomic E-state index is 0.270. The summed E-state index contributed by atoms with van der Waals surface area (Å²) in [6.07, 6.45) is 11.7. The summed E-state index contributed by atoms with van der Waals surface area (Å²) in [4.78, 5) is 15.7. The highest BCUT2D eigenvalue weighted by Crippen LogP contribution is 2.48. The number of allylic oxidation sites excluding steroid dienone is 4. The molecular formula is C12H10N2OS. The van der Waals surface area contributed by atoms with Crippen LogP contribution in [0.15, 0.2) is 52.7 Å². The Morgan fingerprint density at radius 3 is 3.12 bits per heavy atom. The largest absolute Gasteiger partial charge is 0.366 e. The zero-order valence-electron chi connectivity index (χ0n) is 8.51. The molecule has 1 aliphatic carbocycles. The van der Waals surface area contributed by atoms with E-state index in [2.05, 4.69) is 11.1 Å². The number of nitrogens with zero attached hydrogens (tertiary/aromatic N) is 1. The van der Waals surface area contributed by atoms with Gasteiger partial charge in [-0.05, 0) is 17.7 Å². The summed E-state index contributed by atoms with van der Waals surface area (Å²) >= 11 is 1.70. The number of carbonyl (C=O) groups excluding carboxylic acids is 1. The molecule has 1 atom stereocenters. The van der Waals surface area contributed by atoms with Gasteiger partial charge in [0.2, 0.25) is 5.91 Å². The first kappa shape index (κ1) is 9.66. The van der Waals surface area contributed by atoms with Crippen molar-refractivity contribution < 1.29 is 4.79 Å². The Hall–Kier alpha value is -1.55. The number of carbonyl (C=O) groups is 1. The molecule has 3 rings (SSSR count). The topological polar surface area (TPSA) is 55.5 Å². The lowest BCUT2D eigenvalue weighted by atomic mass is 9.85. The Balaban J connectivity index is 2.22. The summed E-state index contributed by atoms with van der Waals surface area (Å²) in [7, 11) is 0. The van der Waals surface area contributed by atoms with Crippen molar-refractivity contribution in [2.45, 2.75) is 4.75 Å². The molecule has 0 aromatic rings. The molecule has 4 heteroatoms. The van der Waals surface area contributed by atoms with E-state index in [1.807, 2.05) is 24.3 Å². The summed E-state index contributed by atoms with van der Waals surface area (Å²) in [5, 5.41) is 0. The van der Waals surface area contributed by atoms with Crippen LogP contribution in [0.25, 0.3) is 0 Å². The average molecular weight is 230 g/mol. The molecule has 0 aromatic heterocycles. The van der Waals surface area contributed by atoms with Crippen LogP contribution in [0.3, 0.4) is 0 Å². The van der Waals surface area contributed by atoms with Gasteiger partial charge in [0, 0.05) is 17.5 Å². The smallest absolute Gasteiger partial charge is 0.245 e. The summed E-state index contributed by atoms with van der Waals surface area (Å²) in [6, 6.07) is 0. The first-order chi connectivity index (χ1) is 7.74. The maximum Gasteiger partial charge on any atom is 0.245 e. The fourth-order valence-electron chi connectivity index (χ4n) is 2.22. The van der Waals surface area contributed by atoms with E-state index < -0.39 is 0 Å². The van der Waals surface area contributed by atoms with Gasteiger partial charge in [-0.3, -0.25) is 9.79 Å². The van der Waals surface area contributed by atoms with E-state index in [4.69, 9.17) is 5.73 Å². The fourth-order valence-corrected chi connectivity index (χ4v) is 3.68.